The highest BCUT2D eigenvalue weighted by atomic mass is 15.3. The molecule has 2 rings (SSSR count). The number of aliphatic imine (C=N–C) groups is 1. The Balaban J connectivity index is 1.96. The summed E-state index contributed by atoms with van der Waals surface area (Å²) in [6.45, 7) is 10.1. The third-order valence-corrected chi connectivity index (χ3v) is 5.25. The zero-order valence-corrected chi connectivity index (χ0v) is 17.6. The summed E-state index contributed by atoms with van der Waals surface area (Å²) < 4.78 is 1.92. The number of likely N-dealkylation sites (N-methyl/N-ethyl adjacent to an activating group) is 1. The van der Waals surface area contributed by atoms with E-state index in [1.807, 2.05) is 11.7 Å². The van der Waals surface area contributed by atoms with Crippen molar-refractivity contribution in [2.24, 2.45) is 12.0 Å². The molecule has 0 amide bonds. The fourth-order valence-electron chi connectivity index (χ4n) is 3.80. The molecule has 0 aliphatic heterocycles. The van der Waals surface area contributed by atoms with E-state index in [4.69, 9.17) is 4.99 Å². The number of aromatic nitrogens is 2. The van der Waals surface area contributed by atoms with E-state index in [1.165, 1.54) is 36.9 Å². The minimum absolute atomic E-state index is 0.430. The summed E-state index contributed by atoms with van der Waals surface area (Å²) in [6.07, 6.45) is 7.58. The Labute approximate surface area is 159 Å². The van der Waals surface area contributed by atoms with Gasteiger partial charge < -0.3 is 15.1 Å². The van der Waals surface area contributed by atoms with Gasteiger partial charge in [-0.05, 0) is 32.7 Å². The zero-order chi connectivity index (χ0) is 19.1. The van der Waals surface area contributed by atoms with Gasteiger partial charge in [0.1, 0.15) is 0 Å². The van der Waals surface area contributed by atoms with Crippen LogP contribution in [0, 0.1) is 0 Å². The Hall–Kier alpha value is -1.56. The maximum atomic E-state index is 4.86. The Morgan fingerprint density at radius 1 is 1.35 bits per heavy atom. The molecular weight excluding hydrogens is 324 g/mol. The second-order valence-electron chi connectivity index (χ2n) is 7.88. The van der Waals surface area contributed by atoms with Crippen LogP contribution < -0.4 is 5.32 Å². The van der Waals surface area contributed by atoms with Crippen LogP contribution in [0.4, 0.5) is 0 Å². The lowest BCUT2D eigenvalue weighted by Crippen LogP contribution is -2.39. The third kappa shape index (κ3) is 5.73. The second kappa shape index (κ2) is 9.95. The van der Waals surface area contributed by atoms with Crippen LogP contribution in [-0.2, 0) is 13.6 Å². The van der Waals surface area contributed by atoms with Gasteiger partial charge in [0.15, 0.2) is 5.96 Å². The molecule has 6 heteroatoms. The molecule has 1 aliphatic carbocycles. The van der Waals surface area contributed by atoms with Gasteiger partial charge in [-0.3, -0.25) is 9.67 Å². The van der Waals surface area contributed by atoms with Gasteiger partial charge in [-0.1, -0.05) is 26.7 Å². The van der Waals surface area contributed by atoms with Gasteiger partial charge in [-0.2, -0.15) is 5.10 Å². The molecule has 0 spiro atoms. The Morgan fingerprint density at radius 2 is 2.04 bits per heavy atom. The van der Waals surface area contributed by atoms with Crippen LogP contribution in [0.3, 0.4) is 0 Å². The molecule has 0 aromatic carbocycles. The average Bonchev–Trinajstić information content (AvgIpc) is 3.23. The molecule has 0 saturated heterocycles. The van der Waals surface area contributed by atoms with E-state index in [2.05, 4.69) is 61.3 Å². The quantitative estimate of drug-likeness (QED) is 0.571. The lowest BCUT2D eigenvalue weighted by Gasteiger charge is -2.25. The van der Waals surface area contributed by atoms with Crippen molar-refractivity contribution >= 4 is 5.96 Å². The first kappa shape index (κ1) is 20.7. The van der Waals surface area contributed by atoms with E-state index >= 15 is 0 Å². The molecule has 1 saturated carbocycles. The normalized spacial score (nSPS) is 16.1. The predicted molar refractivity (Wildman–Crippen MR) is 110 cm³/mol. The number of nitrogens with zero attached hydrogens (tertiary/aromatic N) is 5. The van der Waals surface area contributed by atoms with Gasteiger partial charge >= 0.3 is 0 Å². The topological polar surface area (TPSA) is 48.7 Å². The van der Waals surface area contributed by atoms with E-state index < -0.39 is 0 Å². The van der Waals surface area contributed by atoms with E-state index in [1.54, 1.807) is 0 Å². The molecule has 1 aliphatic rings. The Kier molecular flexibility index (Phi) is 7.94. The first-order chi connectivity index (χ1) is 12.4. The van der Waals surface area contributed by atoms with Crippen LogP contribution >= 0.6 is 0 Å². The van der Waals surface area contributed by atoms with Crippen LogP contribution in [0.5, 0.6) is 0 Å². The summed E-state index contributed by atoms with van der Waals surface area (Å²) in [5.41, 5.74) is 2.45. The van der Waals surface area contributed by atoms with Crippen LogP contribution in [0.15, 0.2) is 11.2 Å². The highest BCUT2D eigenvalue weighted by Crippen LogP contribution is 2.22. The first-order valence-corrected chi connectivity index (χ1v) is 10.1. The van der Waals surface area contributed by atoms with Gasteiger partial charge in [0, 0.05) is 51.5 Å². The van der Waals surface area contributed by atoms with E-state index in [0.29, 0.717) is 5.92 Å². The summed E-state index contributed by atoms with van der Waals surface area (Å²) in [5.74, 6) is 1.41. The molecule has 1 N–H and O–H groups in total. The standard InChI is InChI=1S/C20H38N6/c1-7-21-20(22-12-13-24(4)18-10-8-9-11-18)25(5)14-17-15-26(6)23-19(17)16(2)3/h15-16,18H,7-14H2,1-6H3,(H,21,22). The van der Waals surface area contributed by atoms with E-state index in [0.717, 1.165) is 38.2 Å². The number of guanidine groups is 1. The molecule has 0 atom stereocenters. The number of aryl methyl sites for hydroxylation is 1. The van der Waals surface area contributed by atoms with Gasteiger partial charge in [0.25, 0.3) is 0 Å². The second-order valence-corrected chi connectivity index (χ2v) is 7.88. The van der Waals surface area contributed by atoms with Gasteiger partial charge in [-0.25, -0.2) is 0 Å². The third-order valence-electron chi connectivity index (χ3n) is 5.25. The van der Waals surface area contributed by atoms with E-state index in [9.17, 15) is 0 Å². The molecule has 26 heavy (non-hydrogen) atoms. The summed E-state index contributed by atoms with van der Waals surface area (Å²) in [5, 5.41) is 8.05. The molecule has 1 fully saturated rings. The number of rotatable bonds is 8. The molecular formula is C20H38N6. The summed E-state index contributed by atoms with van der Waals surface area (Å²) in [6, 6.07) is 0.759. The van der Waals surface area contributed by atoms with Crippen LogP contribution in [0.25, 0.3) is 0 Å². The Morgan fingerprint density at radius 3 is 2.65 bits per heavy atom. The van der Waals surface area contributed by atoms with Gasteiger partial charge in [-0.15, -0.1) is 0 Å². The fraction of sp³-hybridized carbons (Fsp3) is 0.800. The lowest BCUT2D eigenvalue weighted by atomic mass is 10.1. The molecule has 0 unspecified atom stereocenters. The highest BCUT2D eigenvalue weighted by molar-refractivity contribution is 5.79. The molecule has 1 aromatic rings. The molecule has 148 valence electrons. The maximum absolute atomic E-state index is 4.86. The van der Waals surface area contributed by atoms with Crippen LogP contribution in [0.2, 0.25) is 0 Å². The molecule has 0 radical (unpaired) electrons. The summed E-state index contributed by atoms with van der Waals surface area (Å²) >= 11 is 0. The number of hydrogen-bond acceptors (Lipinski definition) is 3. The van der Waals surface area contributed by atoms with Crippen molar-refractivity contribution in [1.82, 2.24) is 24.9 Å². The van der Waals surface area contributed by atoms with Crippen molar-refractivity contribution in [3.8, 4) is 0 Å². The zero-order valence-electron chi connectivity index (χ0n) is 17.6. The van der Waals surface area contributed by atoms with Gasteiger partial charge in [0.2, 0.25) is 0 Å². The first-order valence-electron chi connectivity index (χ1n) is 10.1. The summed E-state index contributed by atoms with van der Waals surface area (Å²) in [4.78, 5) is 9.56. The SMILES string of the molecule is CCNC(=NCCN(C)C1CCCC1)N(C)Cc1cn(C)nc1C(C)C. The fourth-order valence-corrected chi connectivity index (χ4v) is 3.80. The molecule has 1 aromatic heterocycles. The predicted octanol–water partition coefficient (Wildman–Crippen LogP) is 2.82. The lowest BCUT2D eigenvalue weighted by molar-refractivity contribution is 0.252. The summed E-state index contributed by atoms with van der Waals surface area (Å²) in [7, 11) is 6.35. The van der Waals surface area contributed by atoms with Crippen molar-refractivity contribution in [2.45, 2.75) is 65.0 Å². The van der Waals surface area contributed by atoms with Crippen LogP contribution in [0.1, 0.15) is 63.6 Å². The smallest absolute Gasteiger partial charge is 0.194 e. The Bertz CT molecular complexity index is 571. The minimum Gasteiger partial charge on any atom is -0.357 e. The highest BCUT2D eigenvalue weighted by Gasteiger charge is 2.19. The van der Waals surface area contributed by atoms with Crippen molar-refractivity contribution in [2.75, 3.05) is 33.7 Å². The molecule has 0 bridgehead atoms. The van der Waals surface area contributed by atoms with Crippen molar-refractivity contribution in [3.05, 3.63) is 17.5 Å². The van der Waals surface area contributed by atoms with Crippen molar-refractivity contribution < 1.29 is 0 Å². The maximum Gasteiger partial charge on any atom is 0.194 e. The molecule has 1 heterocycles. The minimum atomic E-state index is 0.430. The number of nitrogens with one attached hydrogen (secondary N) is 1. The monoisotopic (exact) mass is 362 g/mol. The van der Waals surface area contributed by atoms with Gasteiger partial charge in [0.05, 0.1) is 12.2 Å². The van der Waals surface area contributed by atoms with Crippen LogP contribution in [-0.4, -0.2) is 65.3 Å². The van der Waals surface area contributed by atoms with Crippen molar-refractivity contribution in [3.63, 3.8) is 0 Å². The molecule has 6 nitrogen and oxygen atoms in total. The number of hydrogen-bond donors (Lipinski definition) is 1. The largest absolute Gasteiger partial charge is 0.357 e. The van der Waals surface area contributed by atoms with E-state index in [-0.39, 0.29) is 0 Å². The average molecular weight is 363 g/mol. The van der Waals surface area contributed by atoms with Crippen molar-refractivity contribution in [1.29, 1.82) is 0 Å².